The Bertz CT molecular complexity index is 388. The monoisotopic (exact) mass is 248 g/mol. The number of anilines is 1. The highest BCUT2D eigenvalue weighted by atomic mass is 16.1. The van der Waals surface area contributed by atoms with Crippen LogP contribution in [0.5, 0.6) is 0 Å². The molecular formula is C15H24N2O. The average Bonchev–Trinajstić information content (AvgIpc) is 2.34. The zero-order valence-electron chi connectivity index (χ0n) is 11.9. The largest absolute Gasteiger partial charge is 0.372 e. The average molecular weight is 248 g/mol. The third-order valence-corrected chi connectivity index (χ3v) is 3.16. The molecule has 0 aliphatic carbocycles. The molecule has 0 bridgehead atoms. The number of aryl methyl sites for hydroxylation is 1. The second-order valence-corrected chi connectivity index (χ2v) is 4.90. The van der Waals surface area contributed by atoms with Crippen molar-refractivity contribution in [3.05, 3.63) is 29.3 Å². The number of rotatable bonds is 7. The van der Waals surface area contributed by atoms with Crippen LogP contribution in [-0.4, -0.2) is 44.9 Å². The lowest BCUT2D eigenvalue weighted by atomic mass is 10.1. The summed E-state index contributed by atoms with van der Waals surface area (Å²) in [5.41, 5.74) is 3.04. The number of nitrogens with zero attached hydrogens (tertiary/aromatic N) is 2. The lowest BCUT2D eigenvalue weighted by molar-refractivity contribution is 0.112. The highest BCUT2D eigenvalue weighted by molar-refractivity contribution is 5.78. The number of carbonyl (C=O) groups is 1. The van der Waals surface area contributed by atoms with Crippen LogP contribution in [-0.2, 0) is 0 Å². The van der Waals surface area contributed by atoms with Crippen LogP contribution in [0.25, 0.3) is 0 Å². The third-order valence-electron chi connectivity index (χ3n) is 3.16. The van der Waals surface area contributed by atoms with Gasteiger partial charge in [0, 0.05) is 24.3 Å². The molecule has 1 aromatic carbocycles. The maximum absolute atomic E-state index is 10.8. The molecule has 0 radical (unpaired) electrons. The van der Waals surface area contributed by atoms with Crippen molar-refractivity contribution >= 4 is 12.0 Å². The van der Waals surface area contributed by atoms with Crippen molar-refractivity contribution in [3.63, 3.8) is 0 Å². The third kappa shape index (κ3) is 4.15. The molecule has 0 N–H and O–H groups in total. The molecular weight excluding hydrogens is 224 g/mol. The van der Waals surface area contributed by atoms with Crippen LogP contribution in [0.3, 0.4) is 0 Å². The van der Waals surface area contributed by atoms with Crippen molar-refractivity contribution in [2.45, 2.75) is 20.3 Å². The van der Waals surface area contributed by atoms with Gasteiger partial charge in [-0.3, -0.25) is 4.79 Å². The van der Waals surface area contributed by atoms with Gasteiger partial charge in [0.15, 0.2) is 0 Å². The fourth-order valence-corrected chi connectivity index (χ4v) is 2.04. The van der Waals surface area contributed by atoms with Gasteiger partial charge < -0.3 is 9.80 Å². The Morgan fingerprint density at radius 2 is 1.94 bits per heavy atom. The number of hydrogen-bond acceptors (Lipinski definition) is 3. The van der Waals surface area contributed by atoms with Gasteiger partial charge in [0.1, 0.15) is 6.29 Å². The van der Waals surface area contributed by atoms with Crippen LogP contribution in [0.4, 0.5) is 5.69 Å². The molecule has 0 spiro atoms. The maximum atomic E-state index is 10.8. The van der Waals surface area contributed by atoms with Gasteiger partial charge in [-0.1, -0.05) is 0 Å². The molecule has 0 aliphatic rings. The second-order valence-electron chi connectivity index (χ2n) is 4.90. The van der Waals surface area contributed by atoms with E-state index in [2.05, 4.69) is 36.9 Å². The summed E-state index contributed by atoms with van der Waals surface area (Å²) in [6.07, 6.45) is 2.07. The van der Waals surface area contributed by atoms with Crippen LogP contribution in [0, 0.1) is 6.92 Å². The molecule has 3 heteroatoms. The van der Waals surface area contributed by atoms with Crippen molar-refractivity contribution in [2.75, 3.05) is 38.6 Å². The van der Waals surface area contributed by atoms with Gasteiger partial charge in [-0.2, -0.15) is 0 Å². The predicted octanol–water partition coefficient (Wildman–Crippen LogP) is 2.59. The van der Waals surface area contributed by atoms with E-state index < -0.39 is 0 Å². The predicted molar refractivity (Wildman–Crippen MR) is 77.6 cm³/mol. The Kier molecular flexibility index (Phi) is 5.86. The molecule has 0 heterocycles. The number of carbonyl (C=O) groups excluding carboxylic acids is 1. The summed E-state index contributed by atoms with van der Waals surface area (Å²) in [6, 6.07) is 6.05. The van der Waals surface area contributed by atoms with E-state index in [1.54, 1.807) is 0 Å². The Morgan fingerprint density at radius 1 is 1.22 bits per heavy atom. The summed E-state index contributed by atoms with van der Waals surface area (Å²) in [7, 11) is 4.19. The van der Waals surface area contributed by atoms with Crippen LogP contribution in [0.15, 0.2) is 18.2 Å². The quantitative estimate of drug-likeness (QED) is 0.693. The molecule has 1 rings (SSSR count). The Hall–Kier alpha value is -1.35. The summed E-state index contributed by atoms with van der Waals surface area (Å²) >= 11 is 0. The van der Waals surface area contributed by atoms with Crippen molar-refractivity contribution in [1.29, 1.82) is 0 Å². The molecule has 0 atom stereocenters. The summed E-state index contributed by atoms with van der Waals surface area (Å²) in [6.45, 7) is 7.29. The first-order chi connectivity index (χ1) is 8.58. The summed E-state index contributed by atoms with van der Waals surface area (Å²) < 4.78 is 0. The van der Waals surface area contributed by atoms with E-state index in [1.165, 1.54) is 5.69 Å². The lowest BCUT2D eigenvalue weighted by Crippen LogP contribution is -2.27. The normalized spacial score (nSPS) is 10.7. The number of hydrogen-bond donors (Lipinski definition) is 0. The molecule has 0 fully saturated rings. The van der Waals surface area contributed by atoms with Crippen molar-refractivity contribution in [3.8, 4) is 0 Å². The molecule has 100 valence electrons. The van der Waals surface area contributed by atoms with Gasteiger partial charge in [0.25, 0.3) is 0 Å². The zero-order chi connectivity index (χ0) is 13.5. The van der Waals surface area contributed by atoms with E-state index in [-0.39, 0.29) is 0 Å². The minimum absolute atomic E-state index is 0.781. The highest BCUT2D eigenvalue weighted by Crippen LogP contribution is 2.18. The van der Waals surface area contributed by atoms with E-state index in [9.17, 15) is 4.79 Å². The van der Waals surface area contributed by atoms with E-state index in [1.807, 2.05) is 19.1 Å². The van der Waals surface area contributed by atoms with Crippen LogP contribution in [0.1, 0.15) is 29.3 Å². The van der Waals surface area contributed by atoms with Crippen LogP contribution in [0.2, 0.25) is 0 Å². The summed E-state index contributed by atoms with van der Waals surface area (Å²) in [5.74, 6) is 0. The van der Waals surface area contributed by atoms with Gasteiger partial charge >= 0.3 is 0 Å². The summed E-state index contributed by atoms with van der Waals surface area (Å²) in [4.78, 5) is 15.4. The molecule has 0 saturated carbocycles. The van der Waals surface area contributed by atoms with Gasteiger partial charge in [0.2, 0.25) is 0 Å². The van der Waals surface area contributed by atoms with E-state index in [0.29, 0.717) is 0 Å². The first-order valence-corrected chi connectivity index (χ1v) is 6.54. The first-order valence-electron chi connectivity index (χ1n) is 6.54. The van der Waals surface area contributed by atoms with Crippen molar-refractivity contribution in [2.24, 2.45) is 0 Å². The fourth-order valence-electron chi connectivity index (χ4n) is 2.04. The second kappa shape index (κ2) is 7.17. The van der Waals surface area contributed by atoms with Gasteiger partial charge in [-0.15, -0.1) is 0 Å². The van der Waals surface area contributed by atoms with E-state index in [0.717, 1.165) is 43.5 Å². The van der Waals surface area contributed by atoms with Gasteiger partial charge in [-0.25, -0.2) is 0 Å². The van der Waals surface area contributed by atoms with E-state index >= 15 is 0 Å². The van der Waals surface area contributed by atoms with Gasteiger partial charge in [0.05, 0.1) is 0 Å². The van der Waals surface area contributed by atoms with E-state index in [4.69, 9.17) is 0 Å². The molecule has 0 saturated heterocycles. The standard InChI is InChI=1S/C15H24N2O/c1-5-17(10-6-9-16(3)4)15-8-7-14(12-18)13(2)11-15/h7-8,11-12H,5-6,9-10H2,1-4H3. The fraction of sp³-hybridized carbons (Fsp3) is 0.533. The molecule has 3 nitrogen and oxygen atoms in total. The maximum Gasteiger partial charge on any atom is 0.150 e. The summed E-state index contributed by atoms with van der Waals surface area (Å²) in [5, 5.41) is 0. The van der Waals surface area contributed by atoms with Crippen molar-refractivity contribution in [1.82, 2.24) is 4.90 Å². The Balaban J connectivity index is 2.69. The minimum Gasteiger partial charge on any atom is -0.372 e. The highest BCUT2D eigenvalue weighted by Gasteiger charge is 2.06. The molecule has 0 amide bonds. The smallest absolute Gasteiger partial charge is 0.150 e. The van der Waals surface area contributed by atoms with Crippen LogP contribution >= 0.6 is 0 Å². The minimum atomic E-state index is 0.781. The molecule has 1 aromatic rings. The zero-order valence-corrected chi connectivity index (χ0v) is 11.9. The molecule has 0 unspecified atom stereocenters. The first kappa shape index (κ1) is 14.7. The molecule has 0 aliphatic heterocycles. The number of aldehydes is 1. The van der Waals surface area contributed by atoms with Crippen LogP contribution < -0.4 is 4.90 Å². The Morgan fingerprint density at radius 3 is 2.44 bits per heavy atom. The van der Waals surface area contributed by atoms with Gasteiger partial charge in [-0.05, 0) is 64.7 Å². The molecule has 18 heavy (non-hydrogen) atoms. The Labute approximate surface area is 110 Å². The SMILES string of the molecule is CCN(CCCN(C)C)c1ccc(C=O)c(C)c1. The lowest BCUT2D eigenvalue weighted by Gasteiger charge is -2.24. The molecule has 0 aromatic heterocycles. The topological polar surface area (TPSA) is 23.6 Å². The van der Waals surface area contributed by atoms with Crippen molar-refractivity contribution < 1.29 is 4.79 Å². The number of benzene rings is 1.